The second-order valence-electron chi connectivity index (χ2n) is 5.89. The van der Waals surface area contributed by atoms with Crippen molar-refractivity contribution >= 4 is 5.91 Å². The number of carbonyl (C=O) groups is 1. The zero-order valence-corrected chi connectivity index (χ0v) is 13.3. The Kier molecular flexibility index (Phi) is 6.17. The Bertz CT molecular complexity index is 415. The lowest BCUT2D eigenvalue weighted by Gasteiger charge is -2.32. The first kappa shape index (κ1) is 16.7. The molecular formula is C16H27N3O. The third-order valence-electron chi connectivity index (χ3n) is 3.48. The molecule has 0 aliphatic heterocycles. The number of amides is 1. The normalized spacial score (nSPS) is 11.7. The number of nitrogens with zero attached hydrogens (tertiary/aromatic N) is 2. The molecule has 0 heterocycles. The Labute approximate surface area is 122 Å². The topological polar surface area (TPSA) is 35.6 Å². The number of likely N-dealkylation sites (N-methyl/N-ethyl adjacent to an activating group) is 2. The lowest BCUT2D eigenvalue weighted by Crippen LogP contribution is -2.53. The fraction of sp³-hybridized carbons (Fsp3) is 0.562. The highest BCUT2D eigenvalue weighted by Gasteiger charge is 2.30. The van der Waals surface area contributed by atoms with Gasteiger partial charge in [0.1, 0.15) is 0 Å². The summed E-state index contributed by atoms with van der Waals surface area (Å²) in [7, 11) is 5.87. The summed E-state index contributed by atoms with van der Waals surface area (Å²) in [6, 6.07) is 10.1. The molecule has 4 heteroatoms. The third-order valence-corrected chi connectivity index (χ3v) is 3.48. The van der Waals surface area contributed by atoms with Gasteiger partial charge >= 0.3 is 0 Å². The molecule has 0 spiro atoms. The third kappa shape index (κ3) is 4.94. The number of nitrogens with one attached hydrogen (secondary N) is 1. The van der Waals surface area contributed by atoms with Crippen molar-refractivity contribution in [3.8, 4) is 0 Å². The Hall–Kier alpha value is -1.39. The van der Waals surface area contributed by atoms with Gasteiger partial charge in [-0.1, -0.05) is 30.3 Å². The SMILES string of the molecule is CNC(C)(C)C(=O)N(CCN(C)C)Cc1ccccc1. The Balaban J connectivity index is 2.82. The van der Waals surface area contributed by atoms with Crippen molar-refractivity contribution < 1.29 is 4.79 Å². The fourth-order valence-corrected chi connectivity index (χ4v) is 1.88. The van der Waals surface area contributed by atoms with Gasteiger partial charge in [0.2, 0.25) is 5.91 Å². The van der Waals surface area contributed by atoms with Gasteiger partial charge in [-0.2, -0.15) is 0 Å². The van der Waals surface area contributed by atoms with Crippen LogP contribution in [-0.2, 0) is 11.3 Å². The number of rotatable bonds is 7. The molecule has 0 bridgehead atoms. The maximum absolute atomic E-state index is 12.7. The summed E-state index contributed by atoms with van der Waals surface area (Å²) in [5.74, 6) is 0.130. The summed E-state index contributed by atoms with van der Waals surface area (Å²) in [5.41, 5.74) is 0.618. The van der Waals surface area contributed by atoms with Gasteiger partial charge in [-0.25, -0.2) is 0 Å². The van der Waals surface area contributed by atoms with Crippen molar-refractivity contribution in [2.24, 2.45) is 0 Å². The first-order valence-electron chi connectivity index (χ1n) is 7.04. The molecule has 0 saturated carbocycles. The molecule has 1 aromatic carbocycles. The van der Waals surface area contributed by atoms with Gasteiger partial charge < -0.3 is 15.1 Å². The molecule has 1 amide bonds. The monoisotopic (exact) mass is 277 g/mol. The molecule has 0 unspecified atom stereocenters. The van der Waals surface area contributed by atoms with E-state index in [0.717, 1.165) is 18.7 Å². The Morgan fingerprint density at radius 1 is 1.15 bits per heavy atom. The predicted molar refractivity (Wildman–Crippen MR) is 83.6 cm³/mol. The predicted octanol–water partition coefficient (Wildman–Crippen LogP) is 1.57. The lowest BCUT2D eigenvalue weighted by molar-refractivity contribution is -0.137. The standard InChI is InChI=1S/C16H27N3O/c1-16(2,17-3)15(20)19(12-11-18(4)5)13-14-9-7-6-8-10-14/h6-10,17H,11-13H2,1-5H3. The fourth-order valence-electron chi connectivity index (χ4n) is 1.88. The maximum atomic E-state index is 12.7. The summed E-state index contributed by atoms with van der Waals surface area (Å²) in [4.78, 5) is 16.7. The highest BCUT2D eigenvalue weighted by molar-refractivity contribution is 5.85. The van der Waals surface area contributed by atoms with E-state index in [4.69, 9.17) is 0 Å². The van der Waals surface area contributed by atoms with Crippen LogP contribution in [0.25, 0.3) is 0 Å². The smallest absolute Gasteiger partial charge is 0.242 e. The van der Waals surface area contributed by atoms with E-state index in [0.29, 0.717) is 6.54 Å². The first-order valence-corrected chi connectivity index (χ1v) is 7.04. The van der Waals surface area contributed by atoms with Gasteiger partial charge in [0, 0.05) is 19.6 Å². The highest BCUT2D eigenvalue weighted by Crippen LogP contribution is 2.12. The van der Waals surface area contributed by atoms with E-state index in [-0.39, 0.29) is 5.91 Å². The maximum Gasteiger partial charge on any atom is 0.242 e. The molecule has 4 nitrogen and oxygen atoms in total. The largest absolute Gasteiger partial charge is 0.336 e. The zero-order chi connectivity index (χ0) is 15.2. The highest BCUT2D eigenvalue weighted by atomic mass is 16.2. The van der Waals surface area contributed by atoms with Crippen molar-refractivity contribution in [1.82, 2.24) is 15.1 Å². The summed E-state index contributed by atoms with van der Waals surface area (Å²) < 4.78 is 0. The molecule has 0 saturated heterocycles. The molecule has 0 aliphatic carbocycles. The van der Waals surface area contributed by atoms with Crippen molar-refractivity contribution in [3.63, 3.8) is 0 Å². The van der Waals surface area contributed by atoms with Gasteiger partial charge in [0.05, 0.1) is 5.54 Å². The van der Waals surface area contributed by atoms with Gasteiger partial charge in [-0.05, 0) is 40.6 Å². The van der Waals surface area contributed by atoms with E-state index < -0.39 is 5.54 Å². The Morgan fingerprint density at radius 2 is 1.75 bits per heavy atom. The Morgan fingerprint density at radius 3 is 2.25 bits per heavy atom. The van der Waals surface area contributed by atoms with Crippen LogP contribution in [0.15, 0.2) is 30.3 Å². The number of hydrogen-bond acceptors (Lipinski definition) is 3. The van der Waals surface area contributed by atoms with Gasteiger partial charge in [-0.15, -0.1) is 0 Å². The minimum absolute atomic E-state index is 0.130. The van der Waals surface area contributed by atoms with E-state index in [1.54, 1.807) is 0 Å². The van der Waals surface area contributed by atoms with Crippen molar-refractivity contribution in [3.05, 3.63) is 35.9 Å². The van der Waals surface area contributed by atoms with Crippen molar-refractivity contribution in [2.75, 3.05) is 34.2 Å². The zero-order valence-electron chi connectivity index (χ0n) is 13.3. The van der Waals surface area contributed by atoms with Crippen LogP contribution in [0, 0.1) is 0 Å². The minimum Gasteiger partial charge on any atom is -0.336 e. The van der Waals surface area contributed by atoms with E-state index >= 15 is 0 Å². The second-order valence-corrected chi connectivity index (χ2v) is 5.89. The van der Waals surface area contributed by atoms with Crippen LogP contribution in [0.2, 0.25) is 0 Å². The summed E-state index contributed by atoms with van der Waals surface area (Å²) in [6.07, 6.45) is 0. The summed E-state index contributed by atoms with van der Waals surface area (Å²) in [5, 5.41) is 3.09. The van der Waals surface area contributed by atoms with Crippen molar-refractivity contribution in [1.29, 1.82) is 0 Å². The van der Waals surface area contributed by atoms with Crippen LogP contribution < -0.4 is 5.32 Å². The van der Waals surface area contributed by atoms with Crippen LogP contribution in [0.1, 0.15) is 19.4 Å². The molecule has 1 N–H and O–H groups in total. The molecule has 20 heavy (non-hydrogen) atoms. The van der Waals surface area contributed by atoms with E-state index in [9.17, 15) is 4.79 Å². The van der Waals surface area contributed by atoms with E-state index in [1.807, 2.05) is 58.1 Å². The molecule has 1 aromatic rings. The molecular weight excluding hydrogens is 250 g/mol. The van der Waals surface area contributed by atoms with Crippen LogP contribution in [0.5, 0.6) is 0 Å². The average Bonchev–Trinajstić information content (AvgIpc) is 2.43. The van der Waals surface area contributed by atoms with Gasteiger partial charge in [0.25, 0.3) is 0 Å². The quantitative estimate of drug-likeness (QED) is 0.822. The summed E-state index contributed by atoms with van der Waals surface area (Å²) >= 11 is 0. The second kappa shape index (κ2) is 7.41. The van der Waals surface area contributed by atoms with E-state index in [2.05, 4.69) is 22.3 Å². The lowest BCUT2D eigenvalue weighted by atomic mass is 10.0. The molecule has 0 aromatic heterocycles. The molecule has 0 fully saturated rings. The van der Waals surface area contributed by atoms with E-state index in [1.165, 1.54) is 0 Å². The summed E-state index contributed by atoms with van der Waals surface area (Å²) in [6.45, 7) is 6.08. The molecule has 0 aliphatic rings. The van der Waals surface area contributed by atoms with Gasteiger partial charge in [0.15, 0.2) is 0 Å². The van der Waals surface area contributed by atoms with Crippen LogP contribution in [0.3, 0.4) is 0 Å². The van der Waals surface area contributed by atoms with Crippen LogP contribution in [0.4, 0.5) is 0 Å². The minimum atomic E-state index is -0.541. The van der Waals surface area contributed by atoms with Gasteiger partial charge in [-0.3, -0.25) is 4.79 Å². The first-order chi connectivity index (χ1) is 9.36. The van der Waals surface area contributed by atoms with Crippen molar-refractivity contribution in [2.45, 2.75) is 25.9 Å². The molecule has 0 atom stereocenters. The molecule has 112 valence electrons. The van der Waals surface area contributed by atoms with Crippen LogP contribution in [-0.4, -0.2) is 55.5 Å². The van der Waals surface area contributed by atoms with Crippen LogP contribution >= 0.6 is 0 Å². The number of carbonyl (C=O) groups excluding carboxylic acids is 1. The average molecular weight is 277 g/mol. The molecule has 0 radical (unpaired) electrons. The number of benzene rings is 1. The molecule has 1 rings (SSSR count). The number of hydrogen-bond donors (Lipinski definition) is 1.